The molecule has 3 nitrogen and oxygen atoms in total. The molecule has 1 unspecified atom stereocenters. The molecule has 1 aromatic heterocycles. The van der Waals surface area contributed by atoms with Gasteiger partial charge in [-0.25, -0.2) is 0 Å². The Bertz CT molecular complexity index is 557. The molecule has 0 saturated carbocycles. The van der Waals surface area contributed by atoms with Gasteiger partial charge in [-0.15, -0.1) is 11.6 Å². The topological polar surface area (TPSA) is 48.6 Å². The van der Waals surface area contributed by atoms with Crippen LogP contribution in [0.15, 0.2) is 29.1 Å². The van der Waals surface area contributed by atoms with Crippen molar-refractivity contribution >= 4 is 23.2 Å². The molecule has 2 N–H and O–H groups in total. The van der Waals surface area contributed by atoms with Gasteiger partial charge in [0.25, 0.3) is 5.56 Å². The van der Waals surface area contributed by atoms with Crippen LogP contribution in [-0.2, 0) is 6.42 Å². The number of rotatable bonds is 3. The molecule has 0 aliphatic carbocycles. The minimum atomic E-state index is -0.233. The third kappa shape index (κ3) is 2.73. The van der Waals surface area contributed by atoms with Crippen molar-refractivity contribution < 1.29 is 0 Å². The van der Waals surface area contributed by atoms with E-state index in [1.165, 1.54) is 0 Å². The molecule has 0 saturated heterocycles. The molecule has 0 radical (unpaired) electrons. The van der Waals surface area contributed by atoms with E-state index < -0.39 is 0 Å². The molecule has 0 bridgehead atoms. The lowest BCUT2D eigenvalue weighted by atomic mass is 10.0. The zero-order chi connectivity index (χ0) is 12.4. The lowest BCUT2D eigenvalue weighted by Crippen LogP contribution is -2.09. The molecule has 0 fully saturated rings. The summed E-state index contributed by atoms with van der Waals surface area (Å²) in [5, 5.41) is 5.77. The van der Waals surface area contributed by atoms with Crippen LogP contribution in [0.25, 0.3) is 0 Å². The normalized spacial score (nSPS) is 12.6. The van der Waals surface area contributed by atoms with Crippen LogP contribution in [0.2, 0.25) is 5.02 Å². The van der Waals surface area contributed by atoms with Crippen molar-refractivity contribution in [3.63, 3.8) is 0 Å². The molecule has 90 valence electrons. The van der Waals surface area contributed by atoms with E-state index in [2.05, 4.69) is 10.2 Å². The van der Waals surface area contributed by atoms with Gasteiger partial charge in [0.15, 0.2) is 0 Å². The Morgan fingerprint density at radius 3 is 2.41 bits per heavy atom. The number of aromatic amines is 2. The molecule has 2 rings (SSSR count). The first-order chi connectivity index (χ1) is 8.08. The standard InChI is InChI=1S/C12H12Cl2N2O/c1-7-10(12(17)16-15-7)6-11(14)8-2-4-9(13)5-3-8/h2-5,11H,6H2,1H3,(H2,15,16,17). The number of H-pyrrole nitrogens is 2. The summed E-state index contributed by atoms with van der Waals surface area (Å²) in [6.07, 6.45) is 0.494. The first kappa shape index (κ1) is 12.3. The van der Waals surface area contributed by atoms with Gasteiger partial charge in [0.05, 0.1) is 5.38 Å². The summed E-state index contributed by atoms with van der Waals surface area (Å²) in [4.78, 5) is 11.5. The smallest absolute Gasteiger partial charge is 0.267 e. The summed E-state index contributed by atoms with van der Waals surface area (Å²) in [7, 11) is 0. The van der Waals surface area contributed by atoms with Gasteiger partial charge in [-0.2, -0.15) is 0 Å². The maximum Gasteiger partial charge on any atom is 0.267 e. The first-order valence-electron chi connectivity index (χ1n) is 5.23. The van der Waals surface area contributed by atoms with E-state index in [-0.39, 0.29) is 10.9 Å². The second-order valence-electron chi connectivity index (χ2n) is 3.91. The van der Waals surface area contributed by atoms with Crippen molar-refractivity contribution in [3.8, 4) is 0 Å². The maximum absolute atomic E-state index is 11.5. The second kappa shape index (κ2) is 4.98. The molecule has 1 heterocycles. The van der Waals surface area contributed by atoms with E-state index in [9.17, 15) is 4.79 Å². The third-order valence-corrected chi connectivity index (χ3v) is 3.36. The van der Waals surface area contributed by atoms with Crippen LogP contribution in [0, 0.1) is 6.92 Å². The monoisotopic (exact) mass is 270 g/mol. The predicted octanol–water partition coefficient (Wildman–Crippen LogP) is 3.19. The molecule has 1 aromatic carbocycles. The summed E-state index contributed by atoms with van der Waals surface area (Å²) in [6.45, 7) is 1.85. The van der Waals surface area contributed by atoms with Gasteiger partial charge in [-0.05, 0) is 24.6 Å². The van der Waals surface area contributed by atoms with Crippen LogP contribution in [0.1, 0.15) is 22.2 Å². The van der Waals surface area contributed by atoms with Crippen molar-refractivity contribution in [3.05, 3.63) is 56.5 Å². The van der Waals surface area contributed by atoms with Gasteiger partial charge < -0.3 is 5.10 Å². The fourth-order valence-electron chi connectivity index (χ4n) is 1.69. The van der Waals surface area contributed by atoms with Crippen molar-refractivity contribution in [2.45, 2.75) is 18.7 Å². The van der Waals surface area contributed by atoms with Crippen LogP contribution in [-0.4, -0.2) is 10.2 Å². The fraction of sp³-hybridized carbons (Fsp3) is 0.250. The Hall–Kier alpha value is -1.19. The molecule has 0 aliphatic rings. The summed E-state index contributed by atoms with van der Waals surface area (Å²) in [5.74, 6) is 0. The van der Waals surface area contributed by atoms with E-state index in [1.54, 1.807) is 12.1 Å². The van der Waals surface area contributed by atoms with Gasteiger partial charge in [0.1, 0.15) is 0 Å². The van der Waals surface area contributed by atoms with Crippen LogP contribution >= 0.6 is 23.2 Å². The Balaban J connectivity index is 2.20. The highest BCUT2D eigenvalue weighted by Gasteiger charge is 2.14. The molecule has 17 heavy (non-hydrogen) atoms. The molecule has 0 spiro atoms. The number of hydrogen-bond donors (Lipinski definition) is 2. The van der Waals surface area contributed by atoms with Gasteiger partial charge in [0.2, 0.25) is 0 Å². The van der Waals surface area contributed by atoms with E-state index in [4.69, 9.17) is 23.2 Å². The lowest BCUT2D eigenvalue weighted by molar-refractivity contribution is 0.904. The maximum atomic E-state index is 11.5. The summed E-state index contributed by atoms with van der Waals surface area (Å²) in [6, 6.07) is 7.33. The number of halogens is 2. The molecule has 1 atom stereocenters. The Labute approximate surface area is 109 Å². The number of nitrogens with one attached hydrogen (secondary N) is 2. The SMILES string of the molecule is Cc1[nH][nH]c(=O)c1CC(Cl)c1ccc(Cl)cc1. The lowest BCUT2D eigenvalue weighted by Gasteiger charge is -2.08. The highest BCUT2D eigenvalue weighted by atomic mass is 35.5. The Morgan fingerprint density at radius 1 is 1.24 bits per heavy atom. The van der Waals surface area contributed by atoms with Crippen LogP contribution in [0.4, 0.5) is 0 Å². The van der Waals surface area contributed by atoms with E-state index in [1.807, 2.05) is 19.1 Å². The van der Waals surface area contributed by atoms with Gasteiger partial charge in [-0.3, -0.25) is 9.89 Å². The molecule has 0 amide bonds. The molecular formula is C12H12Cl2N2O. The summed E-state index contributed by atoms with van der Waals surface area (Å²) in [5.41, 5.74) is 2.37. The van der Waals surface area contributed by atoms with E-state index in [0.717, 1.165) is 11.3 Å². The third-order valence-electron chi connectivity index (χ3n) is 2.71. The second-order valence-corrected chi connectivity index (χ2v) is 4.87. The van der Waals surface area contributed by atoms with Crippen molar-refractivity contribution in [2.24, 2.45) is 0 Å². The summed E-state index contributed by atoms with van der Waals surface area (Å²) >= 11 is 12.1. The molecule has 5 heteroatoms. The first-order valence-corrected chi connectivity index (χ1v) is 6.05. The number of benzene rings is 1. The van der Waals surface area contributed by atoms with E-state index in [0.29, 0.717) is 17.0 Å². The van der Waals surface area contributed by atoms with Crippen LogP contribution in [0.3, 0.4) is 0 Å². The van der Waals surface area contributed by atoms with Crippen molar-refractivity contribution in [1.82, 2.24) is 10.2 Å². The highest BCUT2D eigenvalue weighted by Crippen LogP contribution is 2.25. The van der Waals surface area contributed by atoms with Crippen molar-refractivity contribution in [1.29, 1.82) is 0 Å². The number of hydrogen-bond acceptors (Lipinski definition) is 1. The number of aryl methyl sites for hydroxylation is 1. The molecule has 2 aromatic rings. The van der Waals surface area contributed by atoms with Gasteiger partial charge in [0, 0.05) is 22.7 Å². The average molecular weight is 271 g/mol. The quantitative estimate of drug-likeness (QED) is 0.827. The van der Waals surface area contributed by atoms with Gasteiger partial charge in [-0.1, -0.05) is 23.7 Å². The zero-order valence-corrected chi connectivity index (χ0v) is 10.8. The minimum Gasteiger partial charge on any atom is -0.302 e. The Morgan fingerprint density at radius 2 is 1.88 bits per heavy atom. The van der Waals surface area contributed by atoms with Crippen LogP contribution in [0.5, 0.6) is 0 Å². The average Bonchev–Trinajstić information content (AvgIpc) is 2.61. The molecular weight excluding hydrogens is 259 g/mol. The van der Waals surface area contributed by atoms with Crippen LogP contribution < -0.4 is 5.56 Å². The zero-order valence-electron chi connectivity index (χ0n) is 9.26. The van der Waals surface area contributed by atoms with Crippen molar-refractivity contribution in [2.75, 3.05) is 0 Å². The Kier molecular flexibility index (Phi) is 3.60. The largest absolute Gasteiger partial charge is 0.302 e. The highest BCUT2D eigenvalue weighted by molar-refractivity contribution is 6.30. The summed E-state index contributed by atoms with van der Waals surface area (Å²) < 4.78 is 0. The number of aromatic nitrogens is 2. The minimum absolute atomic E-state index is 0.109. The number of alkyl halides is 1. The van der Waals surface area contributed by atoms with Gasteiger partial charge >= 0.3 is 0 Å². The van der Waals surface area contributed by atoms with E-state index >= 15 is 0 Å². The molecule has 0 aliphatic heterocycles. The fourth-order valence-corrected chi connectivity index (χ4v) is 2.11. The predicted molar refractivity (Wildman–Crippen MR) is 69.9 cm³/mol.